The fraction of sp³-hybridized carbons (Fsp3) is 0.625. The highest BCUT2D eigenvalue weighted by Crippen LogP contribution is 2.12. The Bertz CT molecular complexity index is 1310. The second-order valence-corrected chi connectivity index (χ2v) is 16.0. The van der Waals surface area contributed by atoms with E-state index in [0.29, 0.717) is 12.8 Å². The maximum atomic E-state index is 12.7. The van der Waals surface area contributed by atoms with Crippen LogP contribution in [0, 0.1) is 0 Å². The number of carbonyl (C=O) groups is 3. The van der Waals surface area contributed by atoms with Crippen LogP contribution in [-0.2, 0) is 28.6 Å². The van der Waals surface area contributed by atoms with Gasteiger partial charge in [-0.1, -0.05) is 182 Å². The first kappa shape index (κ1) is 58.1. The predicted octanol–water partition coefficient (Wildman–Crippen LogP) is 16.4. The van der Waals surface area contributed by atoms with Gasteiger partial charge in [0.1, 0.15) is 13.2 Å². The molecule has 6 heteroatoms. The van der Waals surface area contributed by atoms with Crippen LogP contribution in [0.5, 0.6) is 0 Å². The molecule has 0 radical (unpaired) electrons. The van der Waals surface area contributed by atoms with Crippen LogP contribution in [0.3, 0.4) is 0 Å². The van der Waals surface area contributed by atoms with E-state index in [1.54, 1.807) is 0 Å². The van der Waals surface area contributed by atoms with Gasteiger partial charge in [0.15, 0.2) is 6.10 Å². The highest BCUT2D eigenvalue weighted by molar-refractivity contribution is 5.71. The summed E-state index contributed by atoms with van der Waals surface area (Å²) >= 11 is 0. The zero-order chi connectivity index (χ0) is 45.1. The van der Waals surface area contributed by atoms with E-state index in [4.69, 9.17) is 14.2 Å². The average molecular weight is 859 g/mol. The van der Waals surface area contributed by atoms with Gasteiger partial charge in [0.25, 0.3) is 0 Å². The monoisotopic (exact) mass is 859 g/mol. The summed E-state index contributed by atoms with van der Waals surface area (Å²) in [5.41, 5.74) is 0. The molecular weight excluding hydrogens is 769 g/mol. The quantitative estimate of drug-likeness (QED) is 0.0263. The van der Waals surface area contributed by atoms with Crippen LogP contribution in [0.1, 0.15) is 207 Å². The lowest BCUT2D eigenvalue weighted by molar-refractivity contribution is -0.167. The lowest BCUT2D eigenvalue weighted by atomic mass is 10.1. The van der Waals surface area contributed by atoms with Crippen molar-refractivity contribution in [3.05, 3.63) is 109 Å². The molecule has 0 saturated carbocycles. The number of unbranched alkanes of at least 4 members (excludes halogenated alkanes) is 14. The van der Waals surface area contributed by atoms with Gasteiger partial charge in [-0.2, -0.15) is 0 Å². The van der Waals surface area contributed by atoms with Crippen LogP contribution in [0.2, 0.25) is 0 Å². The van der Waals surface area contributed by atoms with Crippen molar-refractivity contribution in [2.45, 2.75) is 213 Å². The number of carbonyl (C=O) groups excluding carboxylic acids is 3. The highest BCUT2D eigenvalue weighted by atomic mass is 16.6. The summed E-state index contributed by atoms with van der Waals surface area (Å²) in [6.07, 6.45) is 66.5. The Morgan fingerprint density at radius 2 is 0.629 bits per heavy atom. The lowest BCUT2D eigenvalue weighted by Gasteiger charge is -2.18. The van der Waals surface area contributed by atoms with Crippen molar-refractivity contribution >= 4 is 17.9 Å². The Morgan fingerprint density at radius 1 is 0.339 bits per heavy atom. The maximum absolute atomic E-state index is 12.7. The highest BCUT2D eigenvalue weighted by Gasteiger charge is 2.19. The average Bonchev–Trinajstić information content (AvgIpc) is 3.27. The molecule has 0 aliphatic heterocycles. The molecule has 0 bridgehead atoms. The van der Waals surface area contributed by atoms with Crippen molar-refractivity contribution in [3.63, 3.8) is 0 Å². The molecule has 350 valence electrons. The summed E-state index contributed by atoms with van der Waals surface area (Å²) in [7, 11) is 0. The number of esters is 3. The second kappa shape index (κ2) is 49.7. The van der Waals surface area contributed by atoms with E-state index in [1.807, 2.05) is 0 Å². The molecule has 0 aliphatic carbocycles. The van der Waals surface area contributed by atoms with Gasteiger partial charge in [-0.3, -0.25) is 14.4 Å². The molecule has 6 nitrogen and oxygen atoms in total. The molecule has 1 atom stereocenters. The Labute approximate surface area is 380 Å². The molecule has 0 N–H and O–H groups in total. The van der Waals surface area contributed by atoms with Crippen LogP contribution < -0.4 is 0 Å². The van der Waals surface area contributed by atoms with Crippen molar-refractivity contribution in [2.24, 2.45) is 0 Å². The molecule has 0 rings (SSSR count). The molecule has 0 spiro atoms. The number of hydrogen-bond acceptors (Lipinski definition) is 6. The van der Waals surface area contributed by atoms with Gasteiger partial charge < -0.3 is 14.2 Å². The Morgan fingerprint density at radius 3 is 1.02 bits per heavy atom. The molecule has 0 aromatic carbocycles. The topological polar surface area (TPSA) is 78.9 Å². The fourth-order valence-electron chi connectivity index (χ4n) is 6.31. The third kappa shape index (κ3) is 47.1. The van der Waals surface area contributed by atoms with E-state index in [1.165, 1.54) is 12.8 Å². The van der Waals surface area contributed by atoms with Gasteiger partial charge in [-0.15, -0.1) is 0 Å². The molecule has 0 amide bonds. The van der Waals surface area contributed by atoms with Gasteiger partial charge in [0, 0.05) is 19.3 Å². The molecule has 0 aliphatic rings. The molecule has 0 heterocycles. The standard InChI is InChI=1S/C56H90O6/c1-4-7-10-13-16-19-22-24-25-26-27-28-29-30-31-33-34-37-40-43-46-49-55(58)61-52-53(51-60-54(57)48-45-42-39-36-21-18-15-12-9-6-3)62-56(59)50-47-44-41-38-35-32-23-20-17-14-11-8-5-2/h7-8,10-12,15-17,19-20,24-25,27-28,30-32,35,53H,4-6,9,13-14,18,21-23,26,29,33-34,36-52H2,1-3H3/b10-7-,11-8-,15-12-,19-16-,20-17-,25-24-,28-27-,31-30-,35-32-. The zero-order valence-corrected chi connectivity index (χ0v) is 39.8. The molecule has 0 aromatic rings. The van der Waals surface area contributed by atoms with Gasteiger partial charge in [0.2, 0.25) is 0 Å². The van der Waals surface area contributed by atoms with Crippen molar-refractivity contribution in [1.82, 2.24) is 0 Å². The third-order valence-electron chi connectivity index (χ3n) is 9.97. The van der Waals surface area contributed by atoms with Crippen molar-refractivity contribution in [3.8, 4) is 0 Å². The van der Waals surface area contributed by atoms with E-state index in [9.17, 15) is 14.4 Å². The Kier molecular flexibility index (Phi) is 46.6. The van der Waals surface area contributed by atoms with Crippen molar-refractivity contribution < 1.29 is 28.6 Å². The van der Waals surface area contributed by atoms with Gasteiger partial charge in [-0.05, 0) is 116 Å². The molecule has 62 heavy (non-hydrogen) atoms. The first-order chi connectivity index (χ1) is 30.5. The Hall–Kier alpha value is -3.93. The molecular formula is C56H90O6. The first-order valence-electron chi connectivity index (χ1n) is 24.9. The van der Waals surface area contributed by atoms with Crippen molar-refractivity contribution in [2.75, 3.05) is 13.2 Å². The summed E-state index contributed by atoms with van der Waals surface area (Å²) in [6.45, 7) is 6.27. The normalized spacial score (nSPS) is 13.0. The number of rotatable bonds is 43. The minimum Gasteiger partial charge on any atom is -0.462 e. The van der Waals surface area contributed by atoms with Gasteiger partial charge in [-0.25, -0.2) is 0 Å². The molecule has 1 unspecified atom stereocenters. The van der Waals surface area contributed by atoms with Crippen LogP contribution in [0.4, 0.5) is 0 Å². The summed E-state index contributed by atoms with van der Waals surface area (Å²) < 4.78 is 16.7. The number of allylic oxidation sites excluding steroid dienone is 18. The molecule has 0 saturated heterocycles. The summed E-state index contributed by atoms with van der Waals surface area (Å²) in [6, 6.07) is 0. The largest absolute Gasteiger partial charge is 0.462 e. The smallest absolute Gasteiger partial charge is 0.306 e. The predicted molar refractivity (Wildman–Crippen MR) is 265 cm³/mol. The van der Waals surface area contributed by atoms with Gasteiger partial charge >= 0.3 is 17.9 Å². The van der Waals surface area contributed by atoms with Crippen LogP contribution in [-0.4, -0.2) is 37.2 Å². The SMILES string of the molecule is CC/C=C\C/C=C\C/C=C\C/C=C\C/C=C\CCCCCCCC(=O)OCC(COC(=O)CCCCCCC/C=C\CCC)OC(=O)CCCCC/C=C\C/C=C\C/C=C\CC. The van der Waals surface area contributed by atoms with Crippen LogP contribution in [0.15, 0.2) is 109 Å². The second-order valence-electron chi connectivity index (χ2n) is 16.0. The van der Waals surface area contributed by atoms with E-state index < -0.39 is 6.10 Å². The van der Waals surface area contributed by atoms with Crippen LogP contribution >= 0.6 is 0 Å². The molecule has 0 fully saturated rings. The number of ether oxygens (including phenoxy) is 3. The Balaban J connectivity index is 4.42. The summed E-state index contributed by atoms with van der Waals surface area (Å²) in [5, 5.41) is 0. The van der Waals surface area contributed by atoms with Crippen molar-refractivity contribution in [1.29, 1.82) is 0 Å². The van der Waals surface area contributed by atoms with Gasteiger partial charge in [0.05, 0.1) is 0 Å². The zero-order valence-electron chi connectivity index (χ0n) is 39.8. The summed E-state index contributed by atoms with van der Waals surface area (Å²) in [4.78, 5) is 37.9. The van der Waals surface area contributed by atoms with Crippen LogP contribution in [0.25, 0.3) is 0 Å². The molecule has 0 aromatic heterocycles. The fourth-order valence-corrected chi connectivity index (χ4v) is 6.31. The van der Waals surface area contributed by atoms with E-state index >= 15 is 0 Å². The van der Waals surface area contributed by atoms with E-state index in [0.717, 1.165) is 154 Å². The third-order valence-corrected chi connectivity index (χ3v) is 9.97. The van der Waals surface area contributed by atoms with E-state index in [2.05, 4.69) is 130 Å². The first-order valence-corrected chi connectivity index (χ1v) is 24.9. The number of hydrogen-bond donors (Lipinski definition) is 0. The minimum atomic E-state index is -0.805. The summed E-state index contributed by atoms with van der Waals surface area (Å²) in [5.74, 6) is -0.971. The minimum absolute atomic E-state index is 0.103. The van der Waals surface area contributed by atoms with E-state index in [-0.39, 0.29) is 37.5 Å². The lowest BCUT2D eigenvalue weighted by Crippen LogP contribution is -2.30. The maximum Gasteiger partial charge on any atom is 0.306 e.